The van der Waals surface area contributed by atoms with E-state index in [1.165, 1.54) is 7.11 Å². The minimum Gasteiger partial charge on any atom is -0.481 e. The monoisotopic (exact) mass is 211 g/mol. The van der Waals surface area contributed by atoms with Crippen LogP contribution in [0.3, 0.4) is 0 Å². The number of carboxylic acid groups (broad SMARTS) is 1. The van der Waals surface area contributed by atoms with E-state index in [1.807, 2.05) is 0 Å². The average Bonchev–Trinajstić information content (AvgIpc) is 2.20. The molecule has 0 aliphatic carbocycles. The molecular weight excluding hydrogens is 198 g/mol. The van der Waals surface area contributed by atoms with Crippen molar-refractivity contribution >= 4 is 5.97 Å². The highest BCUT2D eigenvalue weighted by Gasteiger charge is 2.15. The van der Waals surface area contributed by atoms with Crippen LogP contribution in [0, 0.1) is 12.8 Å². The molecule has 0 saturated carbocycles. The molecule has 0 spiro atoms. The van der Waals surface area contributed by atoms with Crippen molar-refractivity contribution in [2.45, 2.75) is 20.3 Å². The Hall–Kier alpha value is -1.72. The number of carboxylic acids is 1. The predicted molar refractivity (Wildman–Crippen MR) is 51.6 cm³/mol. The van der Waals surface area contributed by atoms with Crippen molar-refractivity contribution in [3.63, 3.8) is 0 Å². The SMILES string of the molecule is COc1nnc(CC(C)C(=O)O)c(C)n1. The minimum absolute atomic E-state index is 0.194. The molecule has 1 atom stereocenters. The summed E-state index contributed by atoms with van der Waals surface area (Å²) in [6.07, 6.45) is 0.325. The van der Waals surface area contributed by atoms with Gasteiger partial charge in [-0.05, 0) is 6.92 Å². The second-order valence-corrected chi connectivity index (χ2v) is 3.27. The van der Waals surface area contributed by atoms with Gasteiger partial charge in [-0.3, -0.25) is 4.79 Å². The number of ether oxygens (including phenoxy) is 1. The van der Waals surface area contributed by atoms with Gasteiger partial charge in [-0.2, -0.15) is 4.98 Å². The molecule has 0 aliphatic rings. The maximum Gasteiger partial charge on any atom is 0.335 e. The van der Waals surface area contributed by atoms with Crippen LogP contribution in [0.5, 0.6) is 6.01 Å². The average molecular weight is 211 g/mol. The van der Waals surface area contributed by atoms with Gasteiger partial charge in [0.05, 0.1) is 24.4 Å². The molecule has 0 aliphatic heterocycles. The number of methoxy groups -OCH3 is 1. The number of aryl methyl sites for hydroxylation is 1. The number of aliphatic carboxylic acids is 1. The molecule has 1 N–H and O–H groups in total. The first-order valence-corrected chi connectivity index (χ1v) is 4.51. The first kappa shape index (κ1) is 11.4. The summed E-state index contributed by atoms with van der Waals surface area (Å²) in [5.74, 6) is -1.35. The topological polar surface area (TPSA) is 85.2 Å². The molecule has 0 radical (unpaired) electrons. The van der Waals surface area contributed by atoms with E-state index < -0.39 is 11.9 Å². The van der Waals surface area contributed by atoms with Crippen LogP contribution < -0.4 is 4.74 Å². The molecule has 0 amide bonds. The summed E-state index contributed by atoms with van der Waals surface area (Å²) in [6.45, 7) is 3.37. The fourth-order valence-electron chi connectivity index (χ4n) is 1.06. The summed E-state index contributed by atoms with van der Waals surface area (Å²) in [5, 5.41) is 16.3. The minimum atomic E-state index is -0.855. The second kappa shape index (κ2) is 4.68. The molecule has 0 fully saturated rings. The Labute approximate surface area is 87.3 Å². The maximum absolute atomic E-state index is 10.6. The van der Waals surface area contributed by atoms with E-state index in [-0.39, 0.29) is 6.01 Å². The summed E-state index contributed by atoms with van der Waals surface area (Å²) < 4.78 is 4.80. The van der Waals surface area contributed by atoms with Crippen LogP contribution in [-0.2, 0) is 11.2 Å². The van der Waals surface area contributed by atoms with Crippen LogP contribution in [0.1, 0.15) is 18.3 Å². The normalized spacial score (nSPS) is 12.2. The summed E-state index contributed by atoms with van der Waals surface area (Å²) in [7, 11) is 1.45. The molecule has 1 heterocycles. The molecule has 15 heavy (non-hydrogen) atoms. The van der Waals surface area contributed by atoms with E-state index in [0.29, 0.717) is 17.8 Å². The number of hydrogen-bond donors (Lipinski definition) is 1. The first-order valence-electron chi connectivity index (χ1n) is 4.51. The van der Waals surface area contributed by atoms with Gasteiger partial charge in [0.15, 0.2) is 0 Å². The standard InChI is InChI=1S/C9H13N3O3/c1-5(8(13)14)4-7-6(2)10-9(15-3)12-11-7/h5H,4H2,1-3H3,(H,13,14). The van der Waals surface area contributed by atoms with Crippen LogP contribution in [-0.4, -0.2) is 33.4 Å². The molecule has 0 bridgehead atoms. The Morgan fingerprint density at radius 2 is 2.20 bits per heavy atom. The van der Waals surface area contributed by atoms with E-state index in [4.69, 9.17) is 9.84 Å². The lowest BCUT2D eigenvalue weighted by atomic mass is 10.1. The van der Waals surface area contributed by atoms with Crippen molar-refractivity contribution < 1.29 is 14.6 Å². The van der Waals surface area contributed by atoms with Gasteiger partial charge in [0.1, 0.15) is 0 Å². The molecule has 82 valence electrons. The Morgan fingerprint density at radius 1 is 1.53 bits per heavy atom. The van der Waals surface area contributed by atoms with Crippen LogP contribution in [0.25, 0.3) is 0 Å². The van der Waals surface area contributed by atoms with Crippen molar-refractivity contribution in [2.24, 2.45) is 5.92 Å². The van der Waals surface area contributed by atoms with Gasteiger partial charge in [0, 0.05) is 6.42 Å². The Balaban J connectivity index is 2.82. The zero-order chi connectivity index (χ0) is 11.4. The second-order valence-electron chi connectivity index (χ2n) is 3.27. The van der Waals surface area contributed by atoms with E-state index in [0.717, 1.165) is 0 Å². The smallest absolute Gasteiger partial charge is 0.335 e. The van der Waals surface area contributed by atoms with Crippen LogP contribution in [0.4, 0.5) is 0 Å². The van der Waals surface area contributed by atoms with E-state index in [1.54, 1.807) is 13.8 Å². The van der Waals surface area contributed by atoms with Crippen LogP contribution in [0.15, 0.2) is 0 Å². The molecule has 0 saturated heterocycles. The van der Waals surface area contributed by atoms with E-state index >= 15 is 0 Å². The summed E-state index contributed by atoms with van der Waals surface area (Å²) in [4.78, 5) is 14.7. The lowest BCUT2D eigenvalue weighted by Gasteiger charge is -2.07. The van der Waals surface area contributed by atoms with Gasteiger partial charge < -0.3 is 9.84 Å². The summed E-state index contributed by atoms with van der Waals surface area (Å²) >= 11 is 0. The quantitative estimate of drug-likeness (QED) is 0.778. The maximum atomic E-state index is 10.6. The molecule has 0 aromatic carbocycles. The molecule has 1 unspecified atom stereocenters. The molecule has 1 aromatic rings. The molecule has 1 rings (SSSR count). The van der Waals surface area contributed by atoms with Crippen molar-refractivity contribution in [1.29, 1.82) is 0 Å². The third-order valence-corrected chi connectivity index (χ3v) is 2.04. The van der Waals surface area contributed by atoms with Gasteiger partial charge in [0.25, 0.3) is 0 Å². The lowest BCUT2D eigenvalue weighted by Crippen LogP contribution is -2.15. The van der Waals surface area contributed by atoms with E-state index in [9.17, 15) is 4.79 Å². The van der Waals surface area contributed by atoms with Gasteiger partial charge >= 0.3 is 12.0 Å². The third kappa shape index (κ3) is 2.87. The largest absolute Gasteiger partial charge is 0.481 e. The highest BCUT2D eigenvalue weighted by atomic mass is 16.5. The van der Waals surface area contributed by atoms with Gasteiger partial charge in [-0.1, -0.05) is 12.0 Å². The molecule has 1 aromatic heterocycles. The van der Waals surface area contributed by atoms with Crippen molar-refractivity contribution in [3.05, 3.63) is 11.4 Å². The zero-order valence-corrected chi connectivity index (χ0v) is 8.89. The van der Waals surface area contributed by atoms with Gasteiger partial charge in [-0.15, -0.1) is 5.10 Å². The third-order valence-electron chi connectivity index (χ3n) is 2.04. The number of rotatable bonds is 4. The fraction of sp³-hybridized carbons (Fsp3) is 0.556. The van der Waals surface area contributed by atoms with Crippen LogP contribution in [0.2, 0.25) is 0 Å². The van der Waals surface area contributed by atoms with E-state index in [2.05, 4.69) is 15.2 Å². The van der Waals surface area contributed by atoms with Gasteiger partial charge in [-0.25, -0.2) is 0 Å². The summed E-state index contributed by atoms with van der Waals surface area (Å²) in [5.41, 5.74) is 1.24. The van der Waals surface area contributed by atoms with Crippen molar-refractivity contribution in [3.8, 4) is 6.01 Å². The highest BCUT2D eigenvalue weighted by molar-refractivity contribution is 5.69. The van der Waals surface area contributed by atoms with Crippen molar-refractivity contribution in [1.82, 2.24) is 15.2 Å². The molecule has 6 heteroatoms. The predicted octanol–water partition coefficient (Wildman–Crippen LogP) is 0.452. The number of hydrogen-bond acceptors (Lipinski definition) is 5. The highest BCUT2D eigenvalue weighted by Crippen LogP contribution is 2.10. The van der Waals surface area contributed by atoms with Crippen molar-refractivity contribution in [2.75, 3.05) is 7.11 Å². The Bertz CT molecular complexity index is 368. The fourth-order valence-corrected chi connectivity index (χ4v) is 1.06. The Morgan fingerprint density at radius 3 is 2.67 bits per heavy atom. The number of aromatic nitrogens is 3. The summed E-state index contributed by atoms with van der Waals surface area (Å²) in [6, 6.07) is 0.194. The lowest BCUT2D eigenvalue weighted by molar-refractivity contribution is -0.141. The molecule has 6 nitrogen and oxygen atoms in total. The number of nitrogens with zero attached hydrogens (tertiary/aromatic N) is 3. The molecular formula is C9H13N3O3. The first-order chi connectivity index (χ1) is 7.04. The zero-order valence-electron chi connectivity index (χ0n) is 8.89. The Kier molecular flexibility index (Phi) is 3.54. The number of carbonyl (C=O) groups is 1. The van der Waals surface area contributed by atoms with Gasteiger partial charge in [0.2, 0.25) is 0 Å². The van der Waals surface area contributed by atoms with Crippen LogP contribution >= 0.6 is 0 Å².